The van der Waals surface area contributed by atoms with Crippen LogP contribution in [-0.2, 0) is 15.9 Å². The van der Waals surface area contributed by atoms with Crippen LogP contribution in [0.15, 0.2) is 30.3 Å². The van der Waals surface area contributed by atoms with Crippen LogP contribution in [0.2, 0.25) is 0 Å². The number of carbonyl (C=O) groups excluding carboxylic acids is 1. The van der Waals surface area contributed by atoms with Crippen molar-refractivity contribution in [3.63, 3.8) is 0 Å². The number of piperidine rings is 1. The molecular formula is C40H48F3N5O6. The largest absolute Gasteiger partial charge is 0.468 e. The lowest BCUT2D eigenvalue weighted by Crippen LogP contribution is -2.48. The molecule has 0 bridgehead atoms. The first-order valence-electron chi connectivity index (χ1n) is 18.7. The van der Waals surface area contributed by atoms with E-state index in [9.17, 15) is 9.90 Å². The number of amides is 1. The first kappa shape index (κ1) is 37.9. The number of anilines is 1. The molecule has 7 rings (SSSR count). The minimum absolute atomic E-state index is 0.103. The molecule has 0 radical (unpaired) electrons. The van der Waals surface area contributed by atoms with Crippen molar-refractivity contribution in [1.82, 2.24) is 19.8 Å². The molecular weight excluding hydrogens is 703 g/mol. The fraction of sp³-hybridized carbons (Fsp3) is 0.525. The van der Waals surface area contributed by atoms with Gasteiger partial charge in [-0.15, -0.1) is 0 Å². The lowest BCUT2D eigenvalue weighted by molar-refractivity contribution is -0.0331. The lowest BCUT2D eigenvalue weighted by atomic mass is 9.91. The number of hydrogen-bond donors (Lipinski definition) is 1. The third-order valence-corrected chi connectivity index (χ3v) is 11.3. The first-order valence-corrected chi connectivity index (χ1v) is 18.7. The summed E-state index contributed by atoms with van der Waals surface area (Å²) in [6, 6.07) is 7.17. The zero-order valence-electron chi connectivity index (χ0n) is 31.5. The highest BCUT2D eigenvalue weighted by Gasteiger charge is 2.51. The molecule has 290 valence electrons. The monoisotopic (exact) mass is 751 g/mol. The van der Waals surface area contributed by atoms with E-state index in [-0.39, 0.29) is 66.5 Å². The summed E-state index contributed by atoms with van der Waals surface area (Å²) in [6.45, 7) is 7.37. The second kappa shape index (κ2) is 15.0. The van der Waals surface area contributed by atoms with E-state index in [0.717, 1.165) is 19.4 Å². The molecule has 1 aromatic heterocycles. The summed E-state index contributed by atoms with van der Waals surface area (Å²) < 4.78 is 72.2. The number of halogens is 3. The number of fused-ring (bicyclic) bond motifs is 3. The molecule has 14 heteroatoms. The Morgan fingerprint density at radius 2 is 1.83 bits per heavy atom. The number of benzene rings is 3. The van der Waals surface area contributed by atoms with Crippen LogP contribution in [0, 0.1) is 17.5 Å². The van der Waals surface area contributed by atoms with Gasteiger partial charge in [-0.25, -0.2) is 18.0 Å². The highest BCUT2D eigenvalue weighted by atomic mass is 19.1. The Balaban J connectivity index is 1.34. The summed E-state index contributed by atoms with van der Waals surface area (Å²) in [4.78, 5) is 27.5. The Labute approximate surface area is 312 Å². The van der Waals surface area contributed by atoms with Gasteiger partial charge in [-0.2, -0.15) is 9.97 Å². The van der Waals surface area contributed by atoms with Gasteiger partial charge in [0.25, 0.3) is 0 Å². The Morgan fingerprint density at radius 1 is 1.04 bits per heavy atom. The van der Waals surface area contributed by atoms with Gasteiger partial charge in [-0.05, 0) is 98.5 Å². The van der Waals surface area contributed by atoms with E-state index >= 15 is 13.2 Å². The van der Waals surface area contributed by atoms with Crippen LogP contribution >= 0.6 is 0 Å². The van der Waals surface area contributed by atoms with Crippen molar-refractivity contribution in [3.05, 3.63) is 53.3 Å². The van der Waals surface area contributed by atoms with E-state index in [4.69, 9.17) is 23.9 Å². The van der Waals surface area contributed by atoms with Crippen LogP contribution in [0.1, 0.15) is 64.9 Å². The van der Waals surface area contributed by atoms with Crippen LogP contribution < -0.4 is 14.4 Å². The molecule has 0 saturated carbocycles. The predicted octanol–water partition coefficient (Wildman–Crippen LogP) is 7.19. The number of β-amino-alcohol motifs (C(OH)–C–C–N with tert-alkyl or cyclic N) is 1. The van der Waals surface area contributed by atoms with Crippen molar-refractivity contribution in [2.45, 2.75) is 83.1 Å². The smallest absolute Gasteiger partial charge is 0.411 e. The summed E-state index contributed by atoms with van der Waals surface area (Å²) in [7, 11) is 3.16. The standard InChI is InChI=1S/C40H48F3N5O6/c1-6-26-29(41)11-10-24-18-25(53-23-51-5)19-27(32(24)26)33-30(42)20-28-35(34(33)43)44-37(45-36(28)47-16-8-13-39(3,50)21-47)52-22-40-14-9-17-48(40)31(12-15-40)54-38(49)46(4)7-2/h10-11,18-20,31,50H,6-9,12-17,21-23H2,1-5H3/t31-,39+,40+/m0/s1. The third kappa shape index (κ3) is 6.99. The predicted molar refractivity (Wildman–Crippen MR) is 198 cm³/mol. The average molecular weight is 752 g/mol. The van der Waals surface area contributed by atoms with Crippen LogP contribution in [-0.4, -0.2) is 102 Å². The van der Waals surface area contributed by atoms with Gasteiger partial charge in [-0.1, -0.05) is 13.0 Å². The first-order chi connectivity index (χ1) is 25.9. The zero-order valence-corrected chi connectivity index (χ0v) is 31.5. The molecule has 3 atom stereocenters. The van der Waals surface area contributed by atoms with Crippen LogP contribution in [0.5, 0.6) is 11.8 Å². The van der Waals surface area contributed by atoms with Crippen molar-refractivity contribution >= 4 is 33.6 Å². The molecule has 0 aliphatic carbocycles. The molecule has 3 fully saturated rings. The average Bonchev–Trinajstić information content (AvgIpc) is 3.72. The number of ether oxygens (including phenoxy) is 4. The van der Waals surface area contributed by atoms with Crippen LogP contribution in [0.25, 0.3) is 32.8 Å². The topological polar surface area (TPSA) is 110 Å². The molecule has 1 amide bonds. The summed E-state index contributed by atoms with van der Waals surface area (Å²) in [6.07, 6.45) is 3.71. The molecule has 3 saturated heterocycles. The molecule has 1 N–H and O–H groups in total. The highest BCUT2D eigenvalue weighted by molar-refractivity contribution is 6.03. The Bertz CT molecular complexity index is 2070. The van der Waals surface area contributed by atoms with E-state index in [1.54, 1.807) is 33.0 Å². The van der Waals surface area contributed by atoms with E-state index in [0.29, 0.717) is 55.1 Å². The Morgan fingerprint density at radius 3 is 2.57 bits per heavy atom. The van der Waals surface area contributed by atoms with Crippen LogP contribution in [0.3, 0.4) is 0 Å². The maximum Gasteiger partial charge on any atom is 0.411 e. The van der Waals surface area contributed by atoms with E-state index in [1.165, 1.54) is 30.2 Å². The third-order valence-electron chi connectivity index (χ3n) is 11.3. The number of hydrogen-bond acceptors (Lipinski definition) is 10. The maximum atomic E-state index is 17.3. The summed E-state index contributed by atoms with van der Waals surface area (Å²) in [5.74, 6) is -1.82. The SMILES string of the molecule is CCc1c(F)ccc2cc(OCOC)cc(-c3c(F)cc4c(N5CCC[C@@](C)(O)C5)nc(OC[C@]56CCCN5[C@@H](OC(=O)N(C)CC)CC6)nc4c3F)c12. The van der Waals surface area contributed by atoms with Gasteiger partial charge in [0.05, 0.1) is 16.7 Å². The van der Waals surface area contributed by atoms with Gasteiger partial charge in [0, 0.05) is 52.1 Å². The molecule has 3 aliphatic heterocycles. The van der Waals surface area contributed by atoms with Gasteiger partial charge < -0.3 is 33.9 Å². The number of nitrogens with zero attached hydrogens (tertiary/aromatic N) is 5. The molecule has 3 aliphatic rings. The molecule has 54 heavy (non-hydrogen) atoms. The van der Waals surface area contributed by atoms with Crippen molar-refractivity contribution < 1.29 is 42.0 Å². The number of aryl methyl sites for hydroxylation is 1. The fourth-order valence-electron chi connectivity index (χ4n) is 8.46. The fourth-order valence-corrected chi connectivity index (χ4v) is 8.46. The minimum atomic E-state index is -1.05. The van der Waals surface area contributed by atoms with Gasteiger partial charge in [0.2, 0.25) is 0 Å². The van der Waals surface area contributed by atoms with Gasteiger partial charge >= 0.3 is 12.1 Å². The molecule has 4 heterocycles. The second-order valence-corrected chi connectivity index (χ2v) is 15.0. The van der Waals surface area contributed by atoms with E-state index < -0.39 is 40.4 Å². The Hall–Kier alpha value is -4.40. The van der Waals surface area contributed by atoms with E-state index in [2.05, 4.69) is 9.88 Å². The van der Waals surface area contributed by atoms with Crippen molar-refractivity contribution in [3.8, 4) is 22.9 Å². The minimum Gasteiger partial charge on any atom is -0.468 e. The van der Waals surface area contributed by atoms with Gasteiger partial charge in [-0.3, -0.25) is 4.90 Å². The summed E-state index contributed by atoms with van der Waals surface area (Å²) in [5.41, 5.74) is -1.65. The van der Waals surface area contributed by atoms with Gasteiger partial charge in [0.15, 0.2) is 18.8 Å². The lowest BCUT2D eigenvalue weighted by Gasteiger charge is -2.38. The van der Waals surface area contributed by atoms with Crippen LogP contribution in [0.4, 0.5) is 23.8 Å². The van der Waals surface area contributed by atoms with Crippen molar-refractivity contribution in [1.29, 1.82) is 0 Å². The number of methoxy groups -OCH3 is 1. The molecule has 4 aromatic rings. The number of aromatic nitrogens is 2. The molecule has 0 spiro atoms. The molecule has 3 aromatic carbocycles. The maximum absolute atomic E-state index is 17.3. The highest BCUT2D eigenvalue weighted by Crippen LogP contribution is 2.45. The number of aliphatic hydroxyl groups is 1. The quantitative estimate of drug-likeness (QED) is 0.158. The van der Waals surface area contributed by atoms with Crippen molar-refractivity contribution in [2.75, 3.05) is 58.6 Å². The summed E-state index contributed by atoms with van der Waals surface area (Å²) >= 11 is 0. The Kier molecular flexibility index (Phi) is 10.5. The molecule has 0 unspecified atom stereocenters. The number of rotatable bonds is 11. The molecule has 11 nitrogen and oxygen atoms in total. The van der Waals surface area contributed by atoms with Gasteiger partial charge in [0.1, 0.15) is 35.3 Å². The zero-order chi connectivity index (χ0) is 38.4. The number of carbonyl (C=O) groups is 1. The van der Waals surface area contributed by atoms with E-state index in [1.807, 2.05) is 11.8 Å². The van der Waals surface area contributed by atoms with Crippen molar-refractivity contribution in [2.24, 2.45) is 0 Å². The summed E-state index contributed by atoms with van der Waals surface area (Å²) in [5, 5.41) is 12.1. The normalized spacial score (nSPS) is 22.9. The second-order valence-electron chi connectivity index (χ2n) is 15.0.